The molecule has 6 nitrogen and oxygen atoms in total. The number of benzene rings is 1. The molecule has 1 saturated carbocycles. The monoisotopic (exact) mass is 342 g/mol. The predicted molar refractivity (Wildman–Crippen MR) is 96.4 cm³/mol. The molecule has 2 atom stereocenters. The highest BCUT2D eigenvalue weighted by Crippen LogP contribution is 2.35. The molecule has 1 aromatic heterocycles. The molecule has 6 heteroatoms. The van der Waals surface area contributed by atoms with Crippen LogP contribution in [-0.4, -0.2) is 33.3 Å². The van der Waals surface area contributed by atoms with Gasteiger partial charge in [-0.2, -0.15) is 0 Å². The van der Waals surface area contributed by atoms with E-state index >= 15 is 0 Å². The third kappa shape index (κ3) is 4.20. The Hall–Kier alpha value is -2.34. The summed E-state index contributed by atoms with van der Waals surface area (Å²) in [6.45, 7) is 2.97. The highest BCUT2D eigenvalue weighted by Gasteiger charge is 2.35. The summed E-state index contributed by atoms with van der Waals surface area (Å²) in [5.41, 5.74) is 1.78. The molecule has 1 fully saturated rings. The number of nitrogens with one attached hydrogen (secondary N) is 2. The molecule has 2 unspecified atom stereocenters. The zero-order valence-electron chi connectivity index (χ0n) is 14.6. The molecule has 1 heterocycles. The van der Waals surface area contributed by atoms with Crippen LogP contribution < -0.4 is 10.6 Å². The van der Waals surface area contributed by atoms with Crippen molar-refractivity contribution in [1.82, 2.24) is 20.2 Å². The molecule has 1 aliphatic rings. The van der Waals surface area contributed by atoms with Gasteiger partial charge in [0.2, 0.25) is 0 Å². The van der Waals surface area contributed by atoms with Gasteiger partial charge in [-0.15, -0.1) is 0 Å². The van der Waals surface area contributed by atoms with Crippen LogP contribution in [0.2, 0.25) is 0 Å². The number of urea groups is 1. The van der Waals surface area contributed by atoms with E-state index in [9.17, 15) is 9.90 Å². The van der Waals surface area contributed by atoms with Crippen molar-refractivity contribution in [2.45, 2.75) is 45.3 Å². The van der Waals surface area contributed by atoms with Gasteiger partial charge in [-0.3, -0.25) is 0 Å². The summed E-state index contributed by atoms with van der Waals surface area (Å²) >= 11 is 0. The lowest BCUT2D eigenvalue weighted by Gasteiger charge is -2.38. The van der Waals surface area contributed by atoms with Gasteiger partial charge in [0.05, 0.1) is 18.1 Å². The van der Waals surface area contributed by atoms with E-state index in [-0.39, 0.29) is 17.6 Å². The lowest BCUT2D eigenvalue weighted by atomic mass is 9.73. The first-order valence-electron chi connectivity index (χ1n) is 8.84. The van der Waals surface area contributed by atoms with Crippen molar-refractivity contribution in [2.75, 3.05) is 6.54 Å². The second-order valence-electron chi connectivity index (χ2n) is 7.05. The maximum Gasteiger partial charge on any atom is 0.315 e. The smallest absolute Gasteiger partial charge is 0.315 e. The molecule has 0 saturated heterocycles. The van der Waals surface area contributed by atoms with Gasteiger partial charge in [-0.1, -0.05) is 38.0 Å². The normalized spacial score (nSPS) is 23.2. The van der Waals surface area contributed by atoms with E-state index in [1.54, 1.807) is 12.5 Å². The SMILES string of the molecule is CC1(CNC(=O)NCc2ccccc2-n2ccnc2)CCCCC1O. The number of carbonyl (C=O) groups is 1. The first-order valence-corrected chi connectivity index (χ1v) is 8.84. The Labute approximate surface area is 148 Å². The van der Waals surface area contributed by atoms with Crippen LogP contribution in [0.25, 0.3) is 5.69 Å². The topological polar surface area (TPSA) is 79.2 Å². The zero-order valence-corrected chi connectivity index (χ0v) is 14.6. The van der Waals surface area contributed by atoms with Gasteiger partial charge in [-0.05, 0) is 24.5 Å². The number of carbonyl (C=O) groups excluding carboxylic acids is 1. The first-order chi connectivity index (χ1) is 12.1. The van der Waals surface area contributed by atoms with Gasteiger partial charge in [0.15, 0.2) is 0 Å². The fraction of sp³-hybridized carbons (Fsp3) is 0.474. The van der Waals surface area contributed by atoms with Crippen molar-refractivity contribution in [2.24, 2.45) is 5.41 Å². The Bertz CT molecular complexity index is 701. The minimum Gasteiger partial charge on any atom is -0.392 e. The van der Waals surface area contributed by atoms with Gasteiger partial charge in [0, 0.05) is 30.9 Å². The number of rotatable bonds is 5. The third-order valence-electron chi connectivity index (χ3n) is 5.15. The molecular weight excluding hydrogens is 316 g/mol. The molecule has 3 N–H and O–H groups in total. The summed E-state index contributed by atoms with van der Waals surface area (Å²) in [5.74, 6) is 0. The summed E-state index contributed by atoms with van der Waals surface area (Å²) in [7, 11) is 0. The molecule has 2 aromatic rings. The van der Waals surface area contributed by atoms with Gasteiger partial charge in [0.1, 0.15) is 0 Å². The summed E-state index contributed by atoms with van der Waals surface area (Å²) in [5, 5.41) is 16.0. The fourth-order valence-corrected chi connectivity index (χ4v) is 3.42. The van der Waals surface area contributed by atoms with Crippen LogP contribution in [0.1, 0.15) is 38.2 Å². The summed E-state index contributed by atoms with van der Waals surface area (Å²) in [4.78, 5) is 16.3. The Balaban J connectivity index is 1.55. The van der Waals surface area contributed by atoms with E-state index in [2.05, 4.69) is 15.6 Å². The van der Waals surface area contributed by atoms with Crippen LogP contribution in [0.3, 0.4) is 0 Å². The van der Waals surface area contributed by atoms with Crippen molar-refractivity contribution in [1.29, 1.82) is 0 Å². The molecule has 3 rings (SSSR count). The predicted octanol–water partition coefficient (Wildman–Crippen LogP) is 2.61. The summed E-state index contributed by atoms with van der Waals surface area (Å²) in [6, 6.07) is 7.69. The van der Waals surface area contributed by atoms with Crippen LogP contribution in [0.15, 0.2) is 43.0 Å². The van der Waals surface area contributed by atoms with Gasteiger partial charge in [-0.25, -0.2) is 9.78 Å². The molecule has 134 valence electrons. The second kappa shape index (κ2) is 7.70. The van der Waals surface area contributed by atoms with E-state index in [0.29, 0.717) is 13.1 Å². The van der Waals surface area contributed by atoms with Crippen LogP contribution in [0.5, 0.6) is 0 Å². The van der Waals surface area contributed by atoms with E-state index in [4.69, 9.17) is 0 Å². The Morgan fingerprint density at radius 3 is 2.96 bits per heavy atom. The summed E-state index contributed by atoms with van der Waals surface area (Å²) < 4.78 is 1.92. The Morgan fingerprint density at radius 2 is 2.20 bits per heavy atom. The number of aliphatic hydroxyl groups is 1. The molecule has 0 spiro atoms. The maximum absolute atomic E-state index is 12.2. The quantitative estimate of drug-likeness (QED) is 0.781. The Kier molecular flexibility index (Phi) is 5.38. The van der Waals surface area contributed by atoms with Crippen LogP contribution >= 0.6 is 0 Å². The molecule has 2 amide bonds. The van der Waals surface area contributed by atoms with E-state index in [1.165, 1.54) is 0 Å². The molecule has 25 heavy (non-hydrogen) atoms. The molecule has 0 aliphatic heterocycles. The molecular formula is C19H26N4O2. The number of nitrogens with zero attached hydrogens (tertiary/aromatic N) is 2. The molecule has 0 bridgehead atoms. The van der Waals surface area contributed by atoms with Crippen LogP contribution in [-0.2, 0) is 6.54 Å². The van der Waals surface area contributed by atoms with Crippen molar-refractivity contribution in [3.8, 4) is 5.69 Å². The van der Waals surface area contributed by atoms with Crippen molar-refractivity contribution in [3.63, 3.8) is 0 Å². The average molecular weight is 342 g/mol. The van der Waals surface area contributed by atoms with E-state index in [1.807, 2.05) is 42.0 Å². The highest BCUT2D eigenvalue weighted by molar-refractivity contribution is 5.74. The lowest BCUT2D eigenvalue weighted by molar-refractivity contribution is 0.00309. The number of imidazole rings is 1. The third-order valence-corrected chi connectivity index (χ3v) is 5.15. The zero-order chi connectivity index (χ0) is 17.7. The van der Waals surface area contributed by atoms with Crippen molar-refractivity contribution < 1.29 is 9.90 Å². The number of aromatic nitrogens is 2. The standard InChI is InChI=1S/C19H26N4O2/c1-19(9-5-4-8-17(19)24)13-22-18(25)21-12-15-6-2-3-7-16(15)23-11-10-20-14-23/h2-3,6-7,10-11,14,17,24H,4-5,8-9,12-13H2,1H3,(H2,21,22,25). The number of hydrogen-bond acceptors (Lipinski definition) is 3. The fourth-order valence-electron chi connectivity index (χ4n) is 3.42. The van der Waals surface area contributed by atoms with Gasteiger partial charge >= 0.3 is 6.03 Å². The van der Waals surface area contributed by atoms with Crippen molar-refractivity contribution >= 4 is 6.03 Å². The lowest BCUT2D eigenvalue weighted by Crippen LogP contribution is -2.47. The minimum absolute atomic E-state index is 0.209. The average Bonchev–Trinajstić information content (AvgIpc) is 3.16. The van der Waals surface area contributed by atoms with Crippen LogP contribution in [0, 0.1) is 5.41 Å². The molecule has 1 aromatic carbocycles. The maximum atomic E-state index is 12.2. The van der Waals surface area contributed by atoms with Crippen molar-refractivity contribution in [3.05, 3.63) is 48.5 Å². The molecule has 0 radical (unpaired) electrons. The van der Waals surface area contributed by atoms with E-state index < -0.39 is 0 Å². The second-order valence-corrected chi connectivity index (χ2v) is 7.05. The van der Waals surface area contributed by atoms with Gasteiger partial charge < -0.3 is 20.3 Å². The van der Waals surface area contributed by atoms with Gasteiger partial charge in [0.25, 0.3) is 0 Å². The number of aliphatic hydroxyl groups excluding tert-OH is 1. The minimum atomic E-state index is -0.344. The number of hydrogen-bond donors (Lipinski definition) is 3. The molecule has 1 aliphatic carbocycles. The van der Waals surface area contributed by atoms with E-state index in [0.717, 1.165) is 36.9 Å². The Morgan fingerprint density at radius 1 is 1.36 bits per heavy atom. The largest absolute Gasteiger partial charge is 0.392 e. The first kappa shape index (κ1) is 17.5. The number of amides is 2. The summed E-state index contributed by atoms with van der Waals surface area (Å²) in [6.07, 6.45) is 8.93. The number of para-hydroxylation sites is 1. The van der Waals surface area contributed by atoms with Crippen LogP contribution in [0.4, 0.5) is 4.79 Å². The highest BCUT2D eigenvalue weighted by atomic mass is 16.3.